The molecule has 43 heavy (non-hydrogen) atoms. The van der Waals surface area contributed by atoms with E-state index in [1.807, 2.05) is 27.7 Å². The van der Waals surface area contributed by atoms with Crippen LogP contribution in [0.1, 0.15) is 65.4 Å². The quantitative estimate of drug-likeness (QED) is 0.240. The molecule has 2 nitrogen and oxygen atoms in total. The van der Waals surface area contributed by atoms with Crippen molar-refractivity contribution in [2.45, 2.75) is 55.4 Å². The summed E-state index contributed by atoms with van der Waals surface area (Å²) in [6, 6.07) is 21.7. The Hall–Kier alpha value is -4.34. The lowest BCUT2D eigenvalue weighted by Crippen LogP contribution is -2.33. The number of phenolic OH excluding ortho intramolecular Hbond substituents is 2. The molecule has 2 N–H and O–H groups in total. The van der Waals surface area contributed by atoms with Gasteiger partial charge in [-0.15, -0.1) is 11.3 Å². The third-order valence-electron chi connectivity index (χ3n) is 9.08. The van der Waals surface area contributed by atoms with E-state index in [0.29, 0.717) is 11.5 Å². The van der Waals surface area contributed by atoms with E-state index < -0.39 is 0 Å². The molecule has 218 valence electrons. The summed E-state index contributed by atoms with van der Waals surface area (Å²) in [4.78, 5) is 2.24. The molecule has 0 spiro atoms. The summed E-state index contributed by atoms with van der Waals surface area (Å²) < 4.78 is 0. The minimum absolute atomic E-state index is 0.313. The summed E-state index contributed by atoms with van der Waals surface area (Å²) >= 11 is 1.75. The van der Waals surface area contributed by atoms with Crippen LogP contribution in [0.2, 0.25) is 0 Å². The number of thiophene rings is 1. The van der Waals surface area contributed by atoms with Crippen LogP contribution in [0.5, 0.6) is 11.5 Å². The van der Waals surface area contributed by atoms with Gasteiger partial charge in [-0.25, -0.2) is 0 Å². The Kier molecular flexibility index (Phi) is 7.98. The molecule has 0 radical (unpaired) electrons. The maximum absolute atomic E-state index is 10.8. The number of aromatic hydroxyl groups is 2. The molecule has 0 aliphatic heterocycles. The topological polar surface area (TPSA) is 40.5 Å². The molecule has 5 aromatic rings. The van der Waals surface area contributed by atoms with Gasteiger partial charge in [0, 0.05) is 20.9 Å². The zero-order chi connectivity index (χ0) is 31.3. The Morgan fingerprint density at radius 2 is 0.791 bits per heavy atom. The largest absolute Gasteiger partial charge is 0.507 e. The van der Waals surface area contributed by atoms with Crippen LogP contribution in [-0.4, -0.2) is 10.2 Å². The summed E-state index contributed by atoms with van der Waals surface area (Å²) in [6.45, 7) is 25.1. The number of hydrogen-bond donors (Lipinski definition) is 2. The molecule has 0 aliphatic rings. The van der Waals surface area contributed by atoms with Crippen LogP contribution in [0.3, 0.4) is 0 Å². The Balaban J connectivity index is 1.95. The normalized spacial score (nSPS) is 12.8. The van der Waals surface area contributed by atoms with E-state index in [-0.39, 0.29) is 0 Å². The monoisotopic (exact) mass is 584 g/mol. The molecule has 5 rings (SSSR count). The van der Waals surface area contributed by atoms with Gasteiger partial charge in [0.1, 0.15) is 11.5 Å². The van der Waals surface area contributed by atoms with Gasteiger partial charge in [-0.1, -0.05) is 72.8 Å². The number of aryl methyl sites for hydroxylation is 2. The summed E-state index contributed by atoms with van der Waals surface area (Å²) in [5.41, 5.74) is 12.3. The van der Waals surface area contributed by atoms with Crippen LogP contribution in [0.25, 0.3) is 24.3 Å². The first-order valence-corrected chi connectivity index (χ1v) is 15.4. The predicted octanol–water partition coefficient (Wildman–Crippen LogP) is 6.94. The van der Waals surface area contributed by atoms with Crippen LogP contribution >= 0.6 is 11.3 Å². The van der Waals surface area contributed by atoms with Crippen LogP contribution in [0.15, 0.2) is 60.7 Å². The highest BCUT2D eigenvalue weighted by molar-refractivity contribution is 7.14. The second-order valence-electron chi connectivity index (χ2n) is 11.8. The average molecular weight is 585 g/mol. The molecule has 1 heterocycles. The SMILES string of the molecule is C=c1c(C)c(O)c(C)c(C)c1=C(c1ccc(C)cc1)c1ccc(C(c2ccc(C)cc2)=c2c(C)c(C)c(O)c(C)c2=C)s1. The fourth-order valence-electron chi connectivity index (χ4n) is 5.95. The van der Waals surface area contributed by atoms with E-state index in [9.17, 15) is 10.2 Å². The van der Waals surface area contributed by atoms with Crippen molar-refractivity contribution in [1.29, 1.82) is 0 Å². The molecule has 0 fully saturated rings. The highest BCUT2D eigenvalue weighted by Gasteiger charge is 2.19. The zero-order valence-electron chi connectivity index (χ0n) is 26.5. The van der Waals surface area contributed by atoms with Crippen molar-refractivity contribution in [3.8, 4) is 11.5 Å². The fraction of sp³-hybridized carbons (Fsp3) is 0.200. The van der Waals surface area contributed by atoms with E-state index in [0.717, 1.165) is 86.3 Å². The molecule has 0 saturated carbocycles. The lowest BCUT2D eigenvalue weighted by atomic mass is 9.92. The van der Waals surface area contributed by atoms with Gasteiger partial charge in [0.05, 0.1) is 0 Å². The number of phenols is 2. The Morgan fingerprint density at radius 1 is 0.465 bits per heavy atom. The third kappa shape index (κ3) is 5.13. The van der Waals surface area contributed by atoms with Gasteiger partial charge in [0.2, 0.25) is 0 Å². The third-order valence-corrected chi connectivity index (χ3v) is 10.2. The van der Waals surface area contributed by atoms with Crippen molar-refractivity contribution < 1.29 is 10.2 Å². The maximum atomic E-state index is 10.8. The van der Waals surface area contributed by atoms with Crippen LogP contribution in [-0.2, 0) is 0 Å². The lowest BCUT2D eigenvalue weighted by molar-refractivity contribution is 0.465. The molecule has 0 amide bonds. The molecular formula is C40H40O2S. The first kappa shape index (κ1) is 30.1. The molecule has 1 aromatic heterocycles. The molecule has 0 aliphatic carbocycles. The van der Waals surface area contributed by atoms with E-state index in [1.165, 1.54) is 11.1 Å². The van der Waals surface area contributed by atoms with Gasteiger partial charge in [-0.3, -0.25) is 0 Å². The average Bonchev–Trinajstić information content (AvgIpc) is 3.47. The fourth-order valence-corrected chi connectivity index (χ4v) is 7.10. The molecule has 0 bridgehead atoms. The van der Waals surface area contributed by atoms with E-state index >= 15 is 0 Å². The van der Waals surface area contributed by atoms with E-state index in [4.69, 9.17) is 0 Å². The van der Waals surface area contributed by atoms with Gasteiger partial charge in [-0.2, -0.15) is 0 Å². The van der Waals surface area contributed by atoms with Gasteiger partial charge in [0.25, 0.3) is 0 Å². The highest BCUT2D eigenvalue weighted by Crippen LogP contribution is 2.34. The van der Waals surface area contributed by atoms with E-state index in [2.05, 4.69) is 102 Å². The van der Waals surface area contributed by atoms with Gasteiger partial charge >= 0.3 is 0 Å². The van der Waals surface area contributed by atoms with Crippen molar-refractivity contribution in [2.75, 3.05) is 0 Å². The van der Waals surface area contributed by atoms with Crippen LogP contribution in [0, 0.1) is 55.4 Å². The summed E-state index contributed by atoms with van der Waals surface area (Å²) in [7, 11) is 0. The molecule has 0 saturated heterocycles. The molecule has 0 atom stereocenters. The summed E-state index contributed by atoms with van der Waals surface area (Å²) in [5.74, 6) is 0.626. The Morgan fingerprint density at radius 3 is 1.12 bits per heavy atom. The van der Waals surface area contributed by atoms with Crippen molar-refractivity contribution in [1.82, 2.24) is 0 Å². The van der Waals surface area contributed by atoms with Crippen molar-refractivity contribution in [3.05, 3.63) is 147 Å². The van der Waals surface area contributed by atoms with Crippen molar-refractivity contribution >= 4 is 35.6 Å². The minimum atomic E-state index is 0.313. The first-order valence-electron chi connectivity index (χ1n) is 14.6. The number of hydrogen-bond acceptors (Lipinski definition) is 3. The molecule has 0 unspecified atom stereocenters. The van der Waals surface area contributed by atoms with Crippen LogP contribution < -0.4 is 20.9 Å². The van der Waals surface area contributed by atoms with Gasteiger partial charge in [0.15, 0.2) is 0 Å². The Bertz CT molecular complexity index is 1970. The molecular weight excluding hydrogens is 545 g/mol. The Labute approximate surface area is 259 Å². The molecule has 4 aromatic carbocycles. The first-order chi connectivity index (χ1) is 20.3. The van der Waals surface area contributed by atoms with E-state index in [1.54, 1.807) is 11.3 Å². The summed E-state index contributed by atoms with van der Waals surface area (Å²) in [5, 5.41) is 25.5. The number of benzene rings is 4. The highest BCUT2D eigenvalue weighted by atomic mass is 32.1. The van der Waals surface area contributed by atoms with Crippen LogP contribution in [0.4, 0.5) is 0 Å². The zero-order valence-corrected chi connectivity index (χ0v) is 27.3. The lowest BCUT2D eigenvalue weighted by Gasteiger charge is -2.15. The smallest absolute Gasteiger partial charge is 0.122 e. The number of rotatable bonds is 4. The van der Waals surface area contributed by atoms with Gasteiger partial charge < -0.3 is 10.2 Å². The second-order valence-corrected chi connectivity index (χ2v) is 12.9. The predicted molar refractivity (Wildman–Crippen MR) is 184 cm³/mol. The van der Waals surface area contributed by atoms with Crippen molar-refractivity contribution in [2.24, 2.45) is 0 Å². The second kappa shape index (κ2) is 11.4. The van der Waals surface area contributed by atoms with Crippen molar-refractivity contribution in [3.63, 3.8) is 0 Å². The minimum Gasteiger partial charge on any atom is -0.507 e. The van der Waals surface area contributed by atoms with Gasteiger partial charge in [-0.05, 0) is 133 Å². The molecule has 3 heteroatoms. The maximum Gasteiger partial charge on any atom is 0.122 e. The standard InChI is InChI=1S/C40H40O2S/c1-21-11-15-31(16-12-21)37(35-23(3)27(7)39(41)28(8)24(35)4)33-19-20-34(43-33)38(32-17-13-22(2)14-18-32)36-25(5)29(9)40(42)30(10)26(36)6/h11-20,41-42H,3,5H2,1-2,4,6-10H3. The summed E-state index contributed by atoms with van der Waals surface area (Å²) in [6.07, 6.45) is 0.